The molecule has 0 radical (unpaired) electrons. The summed E-state index contributed by atoms with van der Waals surface area (Å²) < 4.78 is 0. The molecule has 1 aliphatic carbocycles. The van der Waals surface area contributed by atoms with Crippen molar-refractivity contribution in [2.75, 3.05) is 6.54 Å². The third-order valence-corrected chi connectivity index (χ3v) is 9.81. The average molecular weight is 690 g/mol. The highest BCUT2D eigenvalue weighted by Crippen LogP contribution is 2.29. The second-order valence-corrected chi connectivity index (χ2v) is 13.5. The van der Waals surface area contributed by atoms with E-state index in [9.17, 15) is 19.2 Å². The Morgan fingerprint density at radius 2 is 1.27 bits per heavy atom. The van der Waals surface area contributed by atoms with Gasteiger partial charge in [-0.1, -0.05) is 123 Å². The number of hydrogen-bond donors (Lipinski definition) is 5. The summed E-state index contributed by atoms with van der Waals surface area (Å²) >= 11 is 0. The Morgan fingerprint density at radius 3 is 1.90 bits per heavy atom. The number of benzene rings is 4. The zero-order valence-corrected chi connectivity index (χ0v) is 29.5. The molecule has 4 amide bonds. The molecule has 1 fully saturated rings. The summed E-state index contributed by atoms with van der Waals surface area (Å²) in [6.07, 6.45) is 5.71. The number of amides is 4. The number of rotatable bonds is 17. The van der Waals surface area contributed by atoms with Crippen LogP contribution in [0, 0.1) is 5.92 Å². The number of unbranched alkanes of at least 4 members (excludes halogenated alkanes) is 1. The van der Waals surface area contributed by atoms with Gasteiger partial charge in [0.15, 0.2) is 0 Å². The van der Waals surface area contributed by atoms with E-state index < -0.39 is 36.0 Å². The Hall–Kier alpha value is -5.02. The Balaban J connectivity index is 1.36. The van der Waals surface area contributed by atoms with Gasteiger partial charge in [0.25, 0.3) is 0 Å². The first-order valence-electron chi connectivity index (χ1n) is 18.3. The molecule has 0 spiro atoms. The molecule has 1 aliphatic rings. The molecule has 3 atom stereocenters. The fourth-order valence-corrected chi connectivity index (χ4v) is 6.97. The summed E-state index contributed by atoms with van der Waals surface area (Å²) in [7, 11) is 0. The van der Waals surface area contributed by atoms with E-state index in [1.807, 2.05) is 103 Å². The normalized spacial score (nSPS) is 14.8. The van der Waals surface area contributed by atoms with E-state index in [-0.39, 0.29) is 30.6 Å². The van der Waals surface area contributed by atoms with E-state index in [1.54, 1.807) is 6.92 Å². The molecule has 0 aromatic heterocycles. The Kier molecular flexibility index (Phi) is 13.7. The lowest BCUT2D eigenvalue weighted by atomic mass is 9.95. The summed E-state index contributed by atoms with van der Waals surface area (Å²) in [4.78, 5) is 54.9. The highest BCUT2D eigenvalue weighted by Gasteiger charge is 2.36. The van der Waals surface area contributed by atoms with Gasteiger partial charge in [-0.2, -0.15) is 0 Å². The maximum absolute atomic E-state index is 14.2. The van der Waals surface area contributed by atoms with Crippen LogP contribution in [0.4, 0.5) is 0 Å². The molecule has 9 nitrogen and oxygen atoms in total. The number of nitrogens with one attached hydrogen (secondary N) is 4. The summed E-state index contributed by atoms with van der Waals surface area (Å²) in [6, 6.07) is 30.5. The molecular weight excluding hydrogens is 638 g/mol. The predicted octanol–water partition coefficient (Wildman–Crippen LogP) is 5.47. The lowest BCUT2D eigenvalue weighted by Crippen LogP contribution is -2.59. The van der Waals surface area contributed by atoms with Gasteiger partial charge in [-0.05, 0) is 72.0 Å². The second-order valence-electron chi connectivity index (χ2n) is 13.5. The smallest absolute Gasteiger partial charge is 0.243 e. The summed E-state index contributed by atoms with van der Waals surface area (Å²) in [5.41, 5.74) is 8.54. The van der Waals surface area contributed by atoms with Crippen molar-refractivity contribution in [3.8, 4) is 0 Å². The lowest BCUT2D eigenvalue weighted by Gasteiger charge is -2.29. The number of carbonyl (C=O) groups is 4. The van der Waals surface area contributed by atoms with E-state index >= 15 is 0 Å². The minimum Gasteiger partial charge on any atom is -0.344 e. The number of carbonyl (C=O) groups excluding carboxylic acids is 4. The van der Waals surface area contributed by atoms with Gasteiger partial charge in [0, 0.05) is 12.8 Å². The summed E-state index contributed by atoms with van der Waals surface area (Å²) in [5.74, 6) is -1.47. The van der Waals surface area contributed by atoms with Gasteiger partial charge in [-0.25, -0.2) is 0 Å². The average Bonchev–Trinajstić information content (AvgIpc) is 3.70. The Labute approximate surface area is 301 Å². The van der Waals surface area contributed by atoms with Gasteiger partial charge >= 0.3 is 0 Å². The molecule has 4 aromatic rings. The quantitative estimate of drug-likeness (QED) is 0.0935. The highest BCUT2D eigenvalue weighted by atomic mass is 16.2. The molecule has 0 unspecified atom stereocenters. The zero-order chi connectivity index (χ0) is 36.0. The predicted molar refractivity (Wildman–Crippen MR) is 201 cm³/mol. The highest BCUT2D eigenvalue weighted by molar-refractivity contribution is 5.95. The first-order valence-corrected chi connectivity index (χ1v) is 18.3. The van der Waals surface area contributed by atoms with Crippen LogP contribution in [0.15, 0.2) is 103 Å². The zero-order valence-electron chi connectivity index (χ0n) is 29.5. The fourth-order valence-electron chi connectivity index (χ4n) is 6.97. The maximum Gasteiger partial charge on any atom is 0.243 e. The van der Waals surface area contributed by atoms with E-state index in [1.165, 1.54) is 0 Å². The topological polar surface area (TPSA) is 142 Å². The van der Waals surface area contributed by atoms with Gasteiger partial charge in [-0.15, -0.1) is 0 Å². The number of hydrogen-bond acceptors (Lipinski definition) is 5. The van der Waals surface area contributed by atoms with Crippen molar-refractivity contribution in [3.63, 3.8) is 0 Å². The van der Waals surface area contributed by atoms with Crippen LogP contribution >= 0.6 is 0 Å². The third-order valence-electron chi connectivity index (χ3n) is 9.81. The van der Waals surface area contributed by atoms with Crippen LogP contribution in [0.1, 0.15) is 81.0 Å². The molecule has 9 heteroatoms. The SMILES string of the molecule is CCC(=O)N[C@@H](Cc1ccc2ccccc2c1)C(=O)N[C@H](C(=O)N[C@@H](CCCCN)C(=O)NC(c1ccccc1)c1ccccc1)C1CCCC1. The molecule has 6 N–H and O–H groups in total. The summed E-state index contributed by atoms with van der Waals surface area (Å²) in [5, 5.41) is 14.3. The minimum absolute atomic E-state index is 0.0914. The van der Waals surface area contributed by atoms with Crippen LogP contribution in [0.2, 0.25) is 0 Å². The molecule has 0 aliphatic heterocycles. The van der Waals surface area contributed by atoms with E-state index in [2.05, 4.69) is 21.3 Å². The van der Waals surface area contributed by atoms with Crippen LogP contribution < -0.4 is 27.0 Å². The van der Waals surface area contributed by atoms with Crippen LogP contribution in [0.3, 0.4) is 0 Å². The second kappa shape index (κ2) is 18.8. The van der Waals surface area contributed by atoms with Crippen molar-refractivity contribution in [1.82, 2.24) is 21.3 Å². The van der Waals surface area contributed by atoms with Crippen molar-refractivity contribution in [3.05, 3.63) is 120 Å². The molecule has 51 heavy (non-hydrogen) atoms. The van der Waals surface area contributed by atoms with Gasteiger partial charge in [0.1, 0.15) is 18.1 Å². The third kappa shape index (κ3) is 10.5. The van der Waals surface area contributed by atoms with Gasteiger partial charge < -0.3 is 27.0 Å². The van der Waals surface area contributed by atoms with Crippen molar-refractivity contribution < 1.29 is 19.2 Å². The fraction of sp³-hybridized carbons (Fsp3) is 0.381. The van der Waals surface area contributed by atoms with Gasteiger partial charge in [0.05, 0.1) is 6.04 Å². The van der Waals surface area contributed by atoms with Crippen molar-refractivity contribution in [2.45, 2.75) is 88.9 Å². The first-order chi connectivity index (χ1) is 24.9. The minimum atomic E-state index is -0.878. The van der Waals surface area contributed by atoms with Crippen molar-refractivity contribution in [1.29, 1.82) is 0 Å². The number of fused-ring (bicyclic) bond motifs is 1. The van der Waals surface area contributed by atoms with Crippen LogP contribution in [-0.2, 0) is 25.6 Å². The Bertz CT molecular complexity index is 1700. The monoisotopic (exact) mass is 689 g/mol. The molecule has 4 aromatic carbocycles. The first kappa shape index (κ1) is 37.2. The molecule has 5 rings (SSSR count). The van der Waals surface area contributed by atoms with Crippen LogP contribution in [-0.4, -0.2) is 48.3 Å². The summed E-state index contributed by atoms with van der Waals surface area (Å²) in [6.45, 7) is 2.22. The van der Waals surface area contributed by atoms with Gasteiger partial charge in [-0.3, -0.25) is 19.2 Å². The molecule has 1 saturated carbocycles. The van der Waals surface area contributed by atoms with Crippen LogP contribution in [0.5, 0.6) is 0 Å². The molecule has 0 saturated heterocycles. The molecule has 0 heterocycles. The lowest BCUT2D eigenvalue weighted by molar-refractivity contribution is -0.135. The standard InChI is InChI=1S/C42H51N5O4/c1-2-37(48)44-36(28-29-24-25-30-15-9-12-22-34(30)27-29)41(50)47-39(33-20-10-11-21-33)42(51)45-35(23-13-14-26-43)40(49)46-38(31-16-5-3-6-17-31)32-18-7-4-8-19-32/h3-9,12,15-19,22,24-25,27,33,35-36,38-39H,2,10-11,13-14,20-21,23,26,28,43H2,1H3,(H,44,48)(H,45,51)(H,46,49)(H,47,50)/t35-,36-,39-/m0/s1. The van der Waals surface area contributed by atoms with Crippen molar-refractivity contribution >= 4 is 34.4 Å². The van der Waals surface area contributed by atoms with E-state index in [0.717, 1.165) is 53.1 Å². The van der Waals surface area contributed by atoms with E-state index in [0.29, 0.717) is 25.8 Å². The Morgan fingerprint density at radius 1 is 0.667 bits per heavy atom. The van der Waals surface area contributed by atoms with Crippen molar-refractivity contribution in [2.24, 2.45) is 11.7 Å². The molecular formula is C42H51N5O4. The van der Waals surface area contributed by atoms with E-state index in [4.69, 9.17) is 5.73 Å². The van der Waals surface area contributed by atoms with Crippen LogP contribution in [0.25, 0.3) is 10.8 Å². The largest absolute Gasteiger partial charge is 0.344 e. The van der Waals surface area contributed by atoms with Gasteiger partial charge in [0.2, 0.25) is 23.6 Å². The number of nitrogens with two attached hydrogens (primary N) is 1. The molecule has 0 bridgehead atoms. The molecule has 268 valence electrons. The maximum atomic E-state index is 14.2.